The Hall–Kier alpha value is -3.58. The van der Waals surface area contributed by atoms with Crippen molar-refractivity contribution in [2.24, 2.45) is 7.05 Å². The summed E-state index contributed by atoms with van der Waals surface area (Å²) in [4.78, 5) is 12.6. The predicted molar refractivity (Wildman–Crippen MR) is 120 cm³/mol. The van der Waals surface area contributed by atoms with Gasteiger partial charge in [-0.15, -0.1) is 0 Å². The van der Waals surface area contributed by atoms with Gasteiger partial charge in [-0.2, -0.15) is 10.2 Å². The van der Waals surface area contributed by atoms with Crippen molar-refractivity contribution in [2.75, 3.05) is 5.32 Å². The third kappa shape index (κ3) is 4.62. The highest BCUT2D eigenvalue weighted by Crippen LogP contribution is 2.25. The zero-order valence-corrected chi connectivity index (χ0v) is 18.2. The van der Waals surface area contributed by atoms with E-state index in [0.29, 0.717) is 17.3 Å². The van der Waals surface area contributed by atoms with E-state index in [1.54, 1.807) is 13.2 Å². The van der Waals surface area contributed by atoms with Crippen LogP contribution in [0.15, 0.2) is 60.8 Å². The minimum atomic E-state index is -0.366. The van der Waals surface area contributed by atoms with Crippen molar-refractivity contribution in [3.8, 4) is 11.5 Å². The number of rotatable bonds is 6. The fourth-order valence-corrected chi connectivity index (χ4v) is 3.59. The number of carbonyl (C=O) groups is 1. The summed E-state index contributed by atoms with van der Waals surface area (Å²) in [6, 6.07) is 17.5. The largest absolute Gasteiger partial charge is 0.457 e. The number of nitrogens with zero attached hydrogens (tertiary/aromatic N) is 4. The van der Waals surface area contributed by atoms with Gasteiger partial charge in [0.2, 0.25) is 0 Å². The second-order valence-electron chi connectivity index (χ2n) is 7.22. The highest BCUT2D eigenvalue weighted by molar-refractivity contribution is 6.34. The average molecular weight is 436 g/mol. The first-order valence-corrected chi connectivity index (χ1v) is 10.1. The molecule has 0 bridgehead atoms. The van der Waals surface area contributed by atoms with Crippen molar-refractivity contribution in [1.29, 1.82) is 0 Å². The van der Waals surface area contributed by atoms with Crippen LogP contribution in [0.4, 0.5) is 5.69 Å². The second kappa shape index (κ2) is 8.65. The summed E-state index contributed by atoms with van der Waals surface area (Å²) in [5, 5.41) is 11.9. The predicted octanol–water partition coefficient (Wildman–Crippen LogP) is 4.98. The standard InChI is InChI=1S/C23H22ClN5O2/c1-15-21(25-23(30)22-20(24)14-28(3)27-22)16(2)29(26-15)13-17-8-7-11-19(12-17)31-18-9-5-4-6-10-18/h4-12,14H,13H2,1-3H3,(H,25,30). The minimum Gasteiger partial charge on any atom is -0.457 e. The number of nitrogens with one attached hydrogen (secondary N) is 1. The summed E-state index contributed by atoms with van der Waals surface area (Å²) in [7, 11) is 1.72. The molecule has 158 valence electrons. The molecule has 1 N–H and O–H groups in total. The van der Waals surface area contributed by atoms with Gasteiger partial charge < -0.3 is 10.1 Å². The summed E-state index contributed by atoms with van der Waals surface area (Å²) in [6.07, 6.45) is 1.59. The van der Waals surface area contributed by atoms with Crippen molar-refractivity contribution in [2.45, 2.75) is 20.4 Å². The Labute approximate surface area is 185 Å². The summed E-state index contributed by atoms with van der Waals surface area (Å²) in [5.41, 5.74) is 3.43. The first kappa shape index (κ1) is 20.7. The zero-order valence-electron chi connectivity index (χ0n) is 17.5. The number of benzene rings is 2. The van der Waals surface area contributed by atoms with Gasteiger partial charge in [0.05, 0.1) is 28.6 Å². The van der Waals surface area contributed by atoms with Gasteiger partial charge in [-0.05, 0) is 43.7 Å². The lowest BCUT2D eigenvalue weighted by Crippen LogP contribution is -2.15. The van der Waals surface area contributed by atoms with E-state index >= 15 is 0 Å². The number of amides is 1. The normalized spacial score (nSPS) is 10.8. The molecule has 2 heterocycles. The molecule has 31 heavy (non-hydrogen) atoms. The van der Waals surface area contributed by atoms with Crippen LogP contribution in [0.1, 0.15) is 27.4 Å². The minimum absolute atomic E-state index is 0.182. The van der Waals surface area contributed by atoms with Gasteiger partial charge in [-0.1, -0.05) is 41.9 Å². The molecule has 0 aliphatic heterocycles. The van der Waals surface area contributed by atoms with E-state index in [2.05, 4.69) is 15.5 Å². The number of hydrogen-bond acceptors (Lipinski definition) is 4. The van der Waals surface area contributed by atoms with Crippen molar-refractivity contribution >= 4 is 23.2 Å². The molecule has 2 aromatic carbocycles. The monoisotopic (exact) mass is 435 g/mol. The van der Waals surface area contributed by atoms with E-state index in [1.807, 2.05) is 73.1 Å². The number of anilines is 1. The molecule has 0 aliphatic rings. The maximum Gasteiger partial charge on any atom is 0.277 e. The van der Waals surface area contributed by atoms with E-state index in [1.165, 1.54) is 4.68 Å². The Morgan fingerprint density at radius 2 is 1.81 bits per heavy atom. The molecule has 0 spiro atoms. The molecule has 2 aromatic heterocycles. The smallest absolute Gasteiger partial charge is 0.277 e. The van der Waals surface area contributed by atoms with E-state index in [9.17, 15) is 4.79 Å². The van der Waals surface area contributed by atoms with Crippen molar-refractivity contribution < 1.29 is 9.53 Å². The van der Waals surface area contributed by atoms with Crippen molar-refractivity contribution in [3.05, 3.63) is 88.5 Å². The zero-order chi connectivity index (χ0) is 22.0. The Kier molecular flexibility index (Phi) is 5.77. The van der Waals surface area contributed by atoms with Gasteiger partial charge in [-0.25, -0.2) is 0 Å². The molecule has 4 aromatic rings. The van der Waals surface area contributed by atoms with Gasteiger partial charge in [-0.3, -0.25) is 14.2 Å². The van der Waals surface area contributed by atoms with Crippen LogP contribution in [0, 0.1) is 13.8 Å². The summed E-state index contributed by atoms with van der Waals surface area (Å²) in [5.74, 6) is 1.17. The van der Waals surface area contributed by atoms with Crippen LogP contribution in [-0.2, 0) is 13.6 Å². The highest BCUT2D eigenvalue weighted by atomic mass is 35.5. The van der Waals surface area contributed by atoms with E-state index in [-0.39, 0.29) is 11.6 Å². The fraction of sp³-hybridized carbons (Fsp3) is 0.174. The van der Waals surface area contributed by atoms with Gasteiger partial charge in [0.15, 0.2) is 5.69 Å². The van der Waals surface area contributed by atoms with Crippen LogP contribution >= 0.6 is 11.6 Å². The third-order valence-electron chi connectivity index (χ3n) is 4.83. The number of para-hydroxylation sites is 1. The Morgan fingerprint density at radius 1 is 1.06 bits per heavy atom. The molecular formula is C23H22ClN5O2. The summed E-state index contributed by atoms with van der Waals surface area (Å²) < 4.78 is 9.28. The van der Waals surface area contributed by atoms with Gasteiger partial charge in [0.25, 0.3) is 5.91 Å². The van der Waals surface area contributed by atoms with Gasteiger partial charge in [0, 0.05) is 13.2 Å². The van der Waals surface area contributed by atoms with E-state index < -0.39 is 0 Å². The lowest BCUT2D eigenvalue weighted by atomic mass is 10.2. The summed E-state index contributed by atoms with van der Waals surface area (Å²) in [6.45, 7) is 4.31. The molecule has 0 aliphatic carbocycles. The first-order chi connectivity index (χ1) is 14.9. The number of hydrogen-bond donors (Lipinski definition) is 1. The van der Waals surface area contributed by atoms with Crippen LogP contribution in [0.3, 0.4) is 0 Å². The molecule has 0 atom stereocenters. The lowest BCUT2D eigenvalue weighted by Gasteiger charge is -2.09. The van der Waals surface area contributed by atoms with E-state index in [0.717, 1.165) is 28.5 Å². The Balaban J connectivity index is 1.52. The van der Waals surface area contributed by atoms with Crippen LogP contribution in [0.25, 0.3) is 0 Å². The number of halogens is 1. The molecular weight excluding hydrogens is 414 g/mol. The van der Waals surface area contributed by atoms with Crippen LogP contribution < -0.4 is 10.1 Å². The fourth-order valence-electron chi connectivity index (χ4n) is 3.32. The van der Waals surface area contributed by atoms with E-state index in [4.69, 9.17) is 16.3 Å². The number of ether oxygens (including phenoxy) is 1. The van der Waals surface area contributed by atoms with Crippen LogP contribution in [0.2, 0.25) is 5.02 Å². The Morgan fingerprint density at radius 3 is 2.52 bits per heavy atom. The van der Waals surface area contributed by atoms with Crippen LogP contribution in [-0.4, -0.2) is 25.5 Å². The van der Waals surface area contributed by atoms with Crippen LogP contribution in [0.5, 0.6) is 11.5 Å². The number of aromatic nitrogens is 4. The van der Waals surface area contributed by atoms with Gasteiger partial charge in [0.1, 0.15) is 11.5 Å². The lowest BCUT2D eigenvalue weighted by molar-refractivity contribution is 0.102. The van der Waals surface area contributed by atoms with Crippen molar-refractivity contribution in [1.82, 2.24) is 19.6 Å². The Bertz CT molecular complexity index is 1230. The maximum absolute atomic E-state index is 12.6. The molecule has 4 rings (SSSR count). The second-order valence-corrected chi connectivity index (χ2v) is 7.63. The first-order valence-electron chi connectivity index (χ1n) is 9.77. The highest BCUT2D eigenvalue weighted by Gasteiger charge is 2.19. The van der Waals surface area contributed by atoms with Crippen molar-refractivity contribution in [3.63, 3.8) is 0 Å². The SMILES string of the molecule is Cc1nn(Cc2cccc(Oc3ccccc3)c2)c(C)c1NC(=O)c1nn(C)cc1Cl. The number of carbonyl (C=O) groups excluding carboxylic acids is 1. The molecule has 0 saturated heterocycles. The van der Waals surface area contributed by atoms with Gasteiger partial charge >= 0.3 is 0 Å². The summed E-state index contributed by atoms with van der Waals surface area (Å²) >= 11 is 6.09. The molecule has 8 heteroatoms. The topological polar surface area (TPSA) is 74.0 Å². The maximum atomic E-state index is 12.6. The average Bonchev–Trinajstić information content (AvgIpc) is 3.21. The molecule has 7 nitrogen and oxygen atoms in total. The number of aryl methyl sites for hydroxylation is 2. The molecule has 0 fully saturated rings. The quantitative estimate of drug-likeness (QED) is 0.463. The molecule has 0 unspecified atom stereocenters. The molecule has 1 amide bonds. The molecule has 0 saturated carbocycles. The molecule has 0 radical (unpaired) electrons. The third-order valence-corrected chi connectivity index (χ3v) is 5.11.